The highest BCUT2D eigenvalue weighted by Gasteiger charge is 2.56. The molecule has 5 rings (SSSR count). The molecule has 2 aliphatic rings. The predicted molar refractivity (Wildman–Crippen MR) is 132 cm³/mol. The largest absolute Gasteiger partial charge is 0.497 e. The lowest BCUT2D eigenvalue weighted by Gasteiger charge is -2.42. The van der Waals surface area contributed by atoms with Gasteiger partial charge >= 0.3 is 6.03 Å². The number of hydrogen-bond acceptors (Lipinski definition) is 5. The van der Waals surface area contributed by atoms with Crippen LogP contribution >= 0.6 is 0 Å². The fourth-order valence-electron chi connectivity index (χ4n) is 5.31. The lowest BCUT2D eigenvalue weighted by atomic mass is 9.85. The summed E-state index contributed by atoms with van der Waals surface area (Å²) in [6.45, 7) is 2.81. The van der Waals surface area contributed by atoms with E-state index in [1.165, 1.54) is 10.6 Å². The lowest BCUT2D eigenvalue weighted by molar-refractivity contribution is -0.134. The Morgan fingerprint density at radius 2 is 1.80 bits per heavy atom. The first-order valence-corrected chi connectivity index (χ1v) is 12.0. The van der Waals surface area contributed by atoms with Crippen LogP contribution in [0.5, 0.6) is 5.75 Å². The number of methoxy groups -OCH3 is 1. The second-order valence-corrected chi connectivity index (χ2v) is 9.28. The van der Waals surface area contributed by atoms with Crippen LogP contribution in [-0.2, 0) is 17.8 Å². The number of rotatable bonds is 7. The van der Waals surface area contributed by atoms with Crippen molar-refractivity contribution in [3.63, 3.8) is 0 Å². The van der Waals surface area contributed by atoms with Crippen LogP contribution in [0.1, 0.15) is 24.1 Å². The molecule has 0 aliphatic carbocycles. The molecule has 0 bridgehead atoms. The fourth-order valence-corrected chi connectivity index (χ4v) is 5.31. The van der Waals surface area contributed by atoms with Crippen molar-refractivity contribution in [3.05, 3.63) is 78.4 Å². The van der Waals surface area contributed by atoms with E-state index in [1.54, 1.807) is 20.4 Å². The zero-order chi connectivity index (χ0) is 24.4. The summed E-state index contributed by atoms with van der Waals surface area (Å²) in [5.41, 5.74) is 2.57. The molecule has 2 saturated heterocycles. The molecule has 0 atom stereocenters. The zero-order valence-corrected chi connectivity index (χ0v) is 20.3. The molecule has 3 amide bonds. The number of piperidine rings is 1. The van der Waals surface area contributed by atoms with Gasteiger partial charge in [-0.1, -0.05) is 12.1 Å². The summed E-state index contributed by atoms with van der Waals surface area (Å²) in [4.78, 5) is 36.0. The third-order valence-corrected chi connectivity index (χ3v) is 7.35. The van der Waals surface area contributed by atoms with Crippen LogP contribution in [0.4, 0.5) is 4.79 Å². The van der Waals surface area contributed by atoms with E-state index in [4.69, 9.17) is 4.74 Å². The minimum atomic E-state index is -0.750. The summed E-state index contributed by atoms with van der Waals surface area (Å²) in [6.07, 6.45) is 7.64. The first kappa shape index (κ1) is 23.1. The van der Waals surface area contributed by atoms with Crippen molar-refractivity contribution in [2.45, 2.75) is 31.3 Å². The standard InChI is InChI=1S/C27H31N5O3/c1-29-25(33)27(32(26(29)34)16-11-21-7-9-24(35-2)10-8-21)12-17-30(18-13-27)20-23-6-4-15-31(23)22-5-3-14-28-19-22/h3-10,14-15,19H,11-13,16-18,20H2,1-2H3. The number of ether oxygens (including phenoxy) is 1. The number of benzene rings is 1. The number of likely N-dealkylation sites (N-methyl/N-ethyl adjacent to an activating group) is 1. The summed E-state index contributed by atoms with van der Waals surface area (Å²) < 4.78 is 7.39. The molecule has 0 saturated carbocycles. The number of aromatic nitrogens is 2. The van der Waals surface area contributed by atoms with E-state index in [9.17, 15) is 9.59 Å². The third kappa shape index (κ3) is 4.30. The van der Waals surface area contributed by atoms with Crippen molar-refractivity contribution < 1.29 is 14.3 Å². The third-order valence-electron chi connectivity index (χ3n) is 7.35. The van der Waals surface area contributed by atoms with Crippen LogP contribution < -0.4 is 4.74 Å². The van der Waals surface area contributed by atoms with E-state index in [-0.39, 0.29) is 11.9 Å². The quantitative estimate of drug-likeness (QED) is 0.492. The number of hydrogen-bond donors (Lipinski definition) is 0. The maximum Gasteiger partial charge on any atom is 0.327 e. The van der Waals surface area contributed by atoms with Gasteiger partial charge in [-0.3, -0.25) is 19.6 Å². The highest BCUT2D eigenvalue weighted by Crippen LogP contribution is 2.37. The summed E-state index contributed by atoms with van der Waals surface area (Å²) >= 11 is 0. The van der Waals surface area contributed by atoms with E-state index < -0.39 is 5.54 Å². The second kappa shape index (κ2) is 9.54. The molecule has 0 radical (unpaired) electrons. The van der Waals surface area contributed by atoms with Gasteiger partial charge in [-0.25, -0.2) is 4.79 Å². The fraction of sp³-hybridized carbons (Fsp3) is 0.370. The first-order chi connectivity index (χ1) is 17.0. The molecule has 2 aliphatic heterocycles. The number of carbonyl (C=O) groups is 2. The van der Waals surface area contributed by atoms with Crippen molar-refractivity contribution >= 4 is 11.9 Å². The number of likely N-dealkylation sites (tertiary alicyclic amines) is 1. The molecule has 1 aromatic carbocycles. The first-order valence-electron chi connectivity index (χ1n) is 12.0. The summed E-state index contributed by atoms with van der Waals surface area (Å²) in [7, 11) is 3.25. The molecule has 0 N–H and O–H groups in total. The van der Waals surface area contributed by atoms with Gasteiger partial charge in [-0.15, -0.1) is 0 Å². The molecule has 0 unspecified atom stereocenters. The molecular formula is C27H31N5O3. The van der Waals surface area contributed by atoms with Crippen LogP contribution in [0.15, 0.2) is 67.1 Å². The van der Waals surface area contributed by atoms with E-state index in [0.29, 0.717) is 25.8 Å². The highest BCUT2D eigenvalue weighted by atomic mass is 16.5. The average Bonchev–Trinajstić information content (AvgIpc) is 3.43. The smallest absolute Gasteiger partial charge is 0.327 e. The van der Waals surface area contributed by atoms with E-state index in [1.807, 2.05) is 59.8 Å². The van der Waals surface area contributed by atoms with Gasteiger partial charge in [0.15, 0.2) is 0 Å². The van der Waals surface area contributed by atoms with Gasteiger partial charge in [0, 0.05) is 51.3 Å². The Hall–Kier alpha value is -3.65. The predicted octanol–water partition coefficient (Wildman–Crippen LogP) is 3.35. The molecule has 1 spiro atoms. The zero-order valence-electron chi connectivity index (χ0n) is 20.3. The molecule has 4 heterocycles. The number of amides is 3. The molecule has 182 valence electrons. The van der Waals surface area contributed by atoms with Crippen LogP contribution in [0.25, 0.3) is 5.69 Å². The molecule has 35 heavy (non-hydrogen) atoms. The van der Waals surface area contributed by atoms with Crippen molar-refractivity contribution in [1.82, 2.24) is 24.3 Å². The SMILES string of the molecule is COc1ccc(CCN2C(=O)N(C)C(=O)C23CCN(Cc2cccn2-c2cccnc2)CC3)cc1. The van der Waals surface area contributed by atoms with Crippen LogP contribution in [-0.4, -0.2) is 75.5 Å². The molecular weight excluding hydrogens is 442 g/mol. The van der Waals surface area contributed by atoms with E-state index >= 15 is 0 Å². The van der Waals surface area contributed by atoms with E-state index in [0.717, 1.165) is 36.6 Å². The Balaban J connectivity index is 1.27. The molecule has 2 fully saturated rings. The average molecular weight is 474 g/mol. The van der Waals surface area contributed by atoms with Crippen molar-refractivity contribution in [2.75, 3.05) is 33.8 Å². The topological polar surface area (TPSA) is 70.9 Å². The summed E-state index contributed by atoms with van der Waals surface area (Å²) in [6, 6.07) is 15.8. The van der Waals surface area contributed by atoms with Gasteiger partial charge in [-0.2, -0.15) is 0 Å². The van der Waals surface area contributed by atoms with Gasteiger partial charge in [0.2, 0.25) is 0 Å². The molecule has 8 nitrogen and oxygen atoms in total. The number of carbonyl (C=O) groups excluding carboxylic acids is 2. The Bertz CT molecular complexity index is 1180. The summed E-state index contributed by atoms with van der Waals surface area (Å²) in [5.74, 6) is 0.732. The van der Waals surface area contributed by atoms with Crippen LogP contribution in [0.2, 0.25) is 0 Å². The number of urea groups is 1. The Labute approximate surface area is 205 Å². The molecule has 3 aromatic rings. The Morgan fingerprint density at radius 1 is 1.03 bits per heavy atom. The van der Waals surface area contributed by atoms with Crippen molar-refractivity contribution in [3.8, 4) is 11.4 Å². The normalized spacial score (nSPS) is 18.0. The van der Waals surface area contributed by atoms with Gasteiger partial charge < -0.3 is 14.2 Å². The maximum absolute atomic E-state index is 13.3. The Morgan fingerprint density at radius 3 is 2.49 bits per heavy atom. The van der Waals surface area contributed by atoms with Crippen molar-refractivity contribution in [2.24, 2.45) is 0 Å². The van der Waals surface area contributed by atoms with Crippen LogP contribution in [0.3, 0.4) is 0 Å². The van der Waals surface area contributed by atoms with E-state index in [2.05, 4.69) is 20.5 Å². The monoisotopic (exact) mass is 473 g/mol. The highest BCUT2D eigenvalue weighted by molar-refractivity contribution is 6.06. The minimum Gasteiger partial charge on any atom is -0.497 e. The molecule has 2 aromatic heterocycles. The van der Waals surface area contributed by atoms with Gasteiger partial charge in [0.25, 0.3) is 5.91 Å². The second-order valence-electron chi connectivity index (χ2n) is 9.28. The van der Waals surface area contributed by atoms with Crippen LogP contribution in [0, 0.1) is 0 Å². The minimum absolute atomic E-state index is 0.0735. The number of imide groups is 1. The maximum atomic E-state index is 13.3. The molecule has 8 heteroatoms. The van der Waals surface area contributed by atoms with Gasteiger partial charge in [0.1, 0.15) is 11.3 Å². The van der Waals surface area contributed by atoms with Crippen molar-refractivity contribution in [1.29, 1.82) is 0 Å². The van der Waals surface area contributed by atoms with Gasteiger partial charge in [-0.05, 0) is 61.2 Å². The van der Waals surface area contributed by atoms with Gasteiger partial charge in [0.05, 0.1) is 19.0 Å². The Kier molecular flexibility index (Phi) is 6.30. The summed E-state index contributed by atoms with van der Waals surface area (Å²) in [5, 5.41) is 0. The number of pyridine rings is 1. The lowest BCUT2D eigenvalue weighted by Crippen LogP contribution is -2.56. The number of nitrogens with zero attached hydrogens (tertiary/aromatic N) is 5.